The quantitative estimate of drug-likeness (QED) is 0.711. The first-order valence-corrected chi connectivity index (χ1v) is 5.67. The molecule has 2 aliphatic heterocycles. The van der Waals surface area contributed by atoms with Crippen LogP contribution in [0.2, 0.25) is 0 Å². The molecule has 4 nitrogen and oxygen atoms in total. The Morgan fingerprint density at radius 1 is 1.56 bits per heavy atom. The second-order valence-corrected chi connectivity index (χ2v) is 4.81. The second kappa shape index (κ2) is 4.33. The third-order valence-electron chi connectivity index (χ3n) is 2.52. The zero-order chi connectivity index (χ0) is 11.9. The van der Waals surface area contributed by atoms with Crippen molar-refractivity contribution in [3.05, 3.63) is 0 Å². The lowest BCUT2D eigenvalue weighted by atomic mass is 10.0. The Morgan fingerprint density at radius 2 is 2.25 bits per heavy atom. The van der Waals surface area contributed by atoms with Crippen LogP contribution in [-0.2, 0) is 4.74 Å². The molecule has 0 amide bonds. The molecule has 0 aromatic carbocycles. The molecule has 1 fully saturated rings. The van der Waals surface area contributed by atoms with Crippen LogP contribution >= 0.6 is 11.8 Å². The lowest BCUT2D eigenvalue weighted by Gasteiger charge is -2.35. The molecular formula is C8H11F3N2O2S. The molecule has 0 aromatic heterocycles. The minimum Gasteiger partial charge on any atom is -0.448 e. The Hall–Kier alpha value is -0.630. The minimum absolute atomic E-state index is 0.118. The molecule has 92 valence electrons. The molecule has 0 aromatic rings. The van der Waals surface area contributed by atoms with Crippen LogP contribution in [0.25, 0.3) is 0 Å². The van der Waals surface area contributed by atoms with Crippen molar-refractivity contribution in [2.45, 2.75) is 35.4 Å². The van der Waals surface area contributed by atoms with Gasteiger partial charge in [0, 0.05) is 7.05 Å². The molecule has 2 heterocycles. The molecule has 16 heavy (non-hydrogen) atoms. The molecule has 0 aliphatic carbocycles. The maximum atomic E-state index is 13.6. The molecular weight excluding hydrogens is 245 g/mol. The number of amidine groups is 1. The van der Waals surface area contributed by atoms with Crippen molar-refractivity contribution in [3.8, 4) is 0 Å². The van der Waals surface area contributed by atoms with Gasteiger partial charge in [0.15, 0.2) is 11.6 Å². The Balaban J connectivity index is 2.14. The van der Waals surface area contributed by atoms with Gasteiger partial charge in [-0.2, -0.15) is 0 Å². The van der Waals surface area contributed by atoms with E-state index >= 15 is 0 Å². The fraction of sp³-hybridized carbons (Fsp3) is 0.875. The van der Waals surface area contributed by atoms with E-state index in [4.69, 9.17) is 4.74 Å². The fourth-order valence-electron chi connectivity index (χ4n) is 1.69. The molecule has 0 bridgehead atoms. The lowest BCUT2D eigenvalue weighted by molar-refractivity contribution is -0.000582. The number of ether oxygens (including phenoxy) is 1. The molecule has 2 N–H and O–H groups in total. The predicted octanol–water partition coefficient (Wildman–Crippen LogP) is 0.366. The highest BCUT2D eigenvalue weighted by molar-refractivity contribution is 8.00. The zero-order valence-corrected chi connectivity index (χ0v) is 9.13. The Kier molecular flexibility index (Phi) is 3.20. The number of fused-ring (bicyclic) bond motifs is 1. The zero-order valence-electron chi connectivity index (χ0n) is 8.31. The van der Waals surface area contributed by atoms with Crippen LogP contribution < -0.4 is 5.32 Å². The summed E-state index contributed by atoms with van der Waals surface area (Å²) in [7, 11) is 1.54. The Labute approximate surface area is 94.3 Å². The molecule has 0 saturated carbocycles. The molecule has 5 atom stereocenters. The third kappa shape index (κ3) is 1.84. The number of alkyl halides is 3. The summed E-state index contributed by atoms with van der Waals surface area (Å²) in [5.74, 6) is 0. The van der Waals surface area contributed by atoms with E-state index in [1.165, 1.54) is 7.05 Å². The summed E-state index contributed by atoms with van der Waals surface area (Å²) in [6, 6.07) is -0.801. The summed E-state index contributed by atoms with van der Waals surface area (Å²) in [6.07, 6.45) is -6.33. The maximum Gasteiger partial charge on any atom is 0.286 e. The predicted molar refractivity (Wildman–Crippen MR) is 53.4 cm³/mol. The van der Waals surface area contributed by atoms with E-state index in [1.54, 1.807) is 0 Å². The van der Waals surface area contributed by atoms with E-state index in [0.29, 0.717) is 0 Å². The number of hydrogen-bond acceptors (Lipinski definition) is 5. The van der Waals surface area contributed by atoms with E-state index in [1.807, 2.05) is 0 Å². The van der Waals surface area contributed by atoms with E-state index in [-0.39, 0.29) is 6.02 Å². The van der Waals surface area contributed by atoms with Gasteiger partial charge in [-0.1, -0.05) is 0 Å². The first kappa shape index (κ1) is 11.8. The van der Waals surface area contributed by atoms with Crippen molar-refractivity contribution >= 4 is 17.8 Å². The maximum absolute atomic E-state index is 13.6. The van der Waals surface area contributed by atoms with Crippen molar-refractivity contribution < 1.29 is 23.0 Å². The van der Waals surface area contributed by atoms with E-state index < -0.39 is 35.4 Å². The molecule has 8 heteroatoms. The van der Waals surface area contributed by atoms with E-state index in [9.17, 15) is 18.3 Å². The van der Waals surface area contributed by atoms with Gasteiger partial charge in [-0.25, -0.2) is 18.2 Å². The smallest absolute Gasteiger partial charge is 0.286 e. The lowest BCUT2D eigenvalue weighted by Crippen LogP contribution is -2.51. The standard InChI is InChI=1S/C8H11F3N2O2S/c1-12-8-13-3-2(9)4(14)5(6(10)11)16-7(3)15-8/h2-7,14H,1H3,(H,12,13)/t2-,3+,4-,5-,7-/m0/s1. The number of aliphatic imine (C=N–C) groups is 1. The van der Waals surface area contributed by atoms with Gasteiger partial charge in [0.2, 0.25) is 0 Å². The van der Waals surface area contributed by atoms with Gasteiger partial charge in [-0.05, 0) is 0 Å². The van der Waals surface area contributed by atoms with Gasteiger partial charge in [-0.15, -0.1) is 11.8 Å². The van der Waals surface area contributed by atoms with Gasteiger partial charge in [-0.3, -0.25) is 0 Å². The topological polar surface area (TPSA) is 53.9 Å². The molecule has 0 unspecified atom stereocenters. The van der Waals surface area contributed by atoms with Crippen LogP contribution in [0, 0.1) is 0 Å². The van der Waals surface area contributed by atoms with Crippen LogP contribution in [0.5, 0.6) is 0 Å². The first-order valence-electron chi connectivity index (χ1n) is 4.72. The average molecular weight is 256 g/mol. The summed E-state index contributed by atoms with van der Waals surface area (Å²) >= 11 is 0.724. The number of thioether (sulfide) groups is 1. The number of hydrogen-bond donors (Lipinski definition) is 2. The third-order valence-corrected chi connectivity index (χ3v) is 3.96. The summed E-state index contributed by atoms with van der Waals surface area (Å²) in [5, 5.41) is 10.5. The number of aliphatic hydroxyl groups is 1. The van der Waals surface area contributed by atoms with Crippen molar-refractivity contribution in [2.24, 2.45) is 4.99 Å². The fourth-order valence-corrected chi connectivity index (χ4v) is 2.94. The van der Waals surface area contributed by atoms with Crippen molar-refractivity contribution in [3.63, 3.8) is 0 Å². The van der Waals surface area contributed by atoms with Crippen LogP contribution in [0.3, 0.4) is 0 Å². The highest BCUT2D eigenvalue weighted by Crippen LogP contribution is 2.41. The number of nitrogens with one attached hydrogen (secondary N) is 1. The average Bonchev–Trinajstić information content (AvgIpc) is 2.66. The number of rotatable bonds is 1. The Bertz CT molecular complexity index is 305. The first-order chi connectivity index (χ1) is 7.54. The van der Waals surface area contributed by atoms with Crippen molar-refractivity contribution in [1.82, 2.24) is 5.32 Å². The molecule has 0 radical (unpaired) electrons. The number of nitrogens with zero attached hydrogens (tertiary/aromatic N) is 1. The SMILES string of the molecule is CNC1=N[C@@H]2[C@H](F)[C@H](O)[C@@H](C(F)F)S[C@@H]2O1. The summed E-state index contributed by atoms with van der Waals surface area (Å²) in [5.41, 5.74) is -0.792. The summed E-state index contributed by atoms with van der Waals surface area (Å²) < 4.78 is 43.8. The van der Waals surface area contributed by atoms with Gasteiger partial charge >= 0.3 is 0 Å². The summed E-state index contributed by atoms with van der Waals surface area (Å²) in [4.78, 5) is 3.84. The van der Waals surface area contributed by atoms with Crippen molar-refractivity contribution in [2.75, 3.05) is 7.05 Å². The second-order valence-electron chi connectivity index (χ2n) is 3.53. The van der Waals surface area contributed by atoms with Crippen molar-refractivity contribution in [1.29, 1.82) is 0 Å². The van der Waals surface area contributed by atoms with E-state index in [2.05, 4.69) is 10.3 Å². The highest BCUT2D eigenvalue weighted by atomic mass is 32.2. The molecule has 2 rings (SSSR count). The minimum atomic E-state index is -2.79. The van der Waals surface area contributed by atoms with E-state index in [0.717, 1.165) is 11.8 Å². The molecule has 2 aliphatic rings. The van der Waals surface area contributed by atoms with Gasteiger partial charge in [0.05, 0.1) is 5.25 Å². The Morgan fingerprint density at radius 3 is 2.81 bits per heavy atom. The van der Waals surface area contributed by atoms with Crippen LogP contribution in [0.15, 0.2) is 4.99 Å². The van der Waals surface area contributed by atoms with Gasteiger partial charge < -0.3 is 15.2 Å². The molecule has 1 saturated heterocycles. The van der Waals surface area contributed by atoms with Crippen LogP contribution in [-0.4, -0.2) is 53.6 Å². The van der Waals surface area contributed by atoms with Gasteiger partial charge in [0.25, 0.3) is 12.4 Å². The number of aliphatic hydroxyl groups excluding tert-OH is 1. The van der Waals surface area contributed by atoms with Crippen LogP contribution in [0.4, 0.5) is 13.2 Å². The number of halogens is 3. The summed E-state index contributed by atoms with van der Waals surface area (Å²) in [6.45, 7) is 0. The molecule has 0 spiro atoms. The highest BCUT2D eigenvalue weighted by Gasteiger charge is 2.52. The van der Waals surface area contributed by atoms with Crippen LogP contribution in [0.1, 0.15) is 0 Å². The largest absolute Gasteiger partial charge is 0.448 e. The normalized spacial score (nSPS) is 42.6. The monoisotopic (exact) mass is 256 g/mol. The van der Waals surface area contributed by atoms with Gasteiger partial charge in [0.1, 0.15) is 12.1 Å².